The van der Waals surface area contributed by atoms with Crippen molar-refractivity contribution in [2.75, 3.05) is 26.7 Å². The van der Waals surface area contributed by atoms with Crippen LogP contribution in [0, 0.1) is 0 Å². The number of H-pyrrole nitrogens is 1. The second-order valence-corrected chi connectivity index (χ2v) is 6.41. The van der Waals surface area contributed by atoms with Gasteiger partial charge in [-0.1, -0.05) is 6.42 Å². The first-order valence-electron chi connectivity index (χ1n) is 8.53. The molecular weight excluding hydrogens is 304 g/mol. The Balaban J connectivity index is 1.66. The van der Waals surface area contributed by atoms with Crippen molar-refractivity contribution in [3.05, 3.63) is 34.9 Å². The average Bonchev–Trinajstić information content (AvgIpc) is 3.00. The van der Waals surface area contributed by atoms with E-state index in [4.69, 9.17) is 4.74 Å². The Morgan fingerprint density at radius 3 is 2.83 bits per heavy atom. The fraction of sp³-hybridized carbons (Fsp3) is 0.444. The number of aromatic amines is 1. The summed E-state index contributed by atoms with van der Waals surface area (Å²) in [5.41, 5.74) is 2.17. The second-order valence-electron chi connectivity index (χ2n) is 6.41. The fourth-order valence-corrected chi connectivity index (χ4v) is 3.49. The van der Waals surface area contributed by atoms with E-state index < -0.39 is 0 Å². The maximum atomic E-state index is 12.8. The third-order valence-electron chi connectivity index (χ3n) is 4.89. The normalized spacial score (nSPS) is 16.0. The molecule has 3 heterocycles. The molecule has 24 heavy (non-hydrogen) atoms. The Hall–Kier alpha value is -2.34. The van der Waals surface area contributed by atoms with Crippen LogP contribution in [0.5, 0.6) is 5.75 Å². The largest absolute Gasteiger partial charge is 0.497 e. The van der Waals surface area contributed by atoms with Gasteiger partial charge in [0.2, 0.25) is 0 Å². The Kier molecular flexibility index (Phi) is 3.98. The Morgan fingerprint density at radius 1 is 1.21 bits per heavy atom. The highest BCUT2D eigenvalue weighted by molar-refractivity contribution is 6.04. The molecule has 0 spiro atoms. The topological polar surface area (TPSA) is 63.2 Å². The lowest BCUT2D eigenvalue weighted by Crippen LogP contribution is -2.34. The monoisotopic (exact) mass is 326 g/mol. The highest BCUT2D eigenvalue weighted by atomic mass is 16.5. The molecule has 0 saturated carbocycles. The van der Waals surface area contributed by atoms with E-state index in [1.807, 2.05) is 18.2 Å². The SMILES string of the molecule is COc1ccc2c(c1)[nH]c1c(=O)n(CCN3CCCCC3)cnc12. The number of nitrogens with one attached hydrogen (secondary N) is 1. The molecule has 1 saturated heterocycles. The van der Waals surface area contributed by atoms with Gasteiger partial charge in [-0.15, -0.1) is 0 Å². The number of likely N-dealkylation sites (tertiary alicyclic amines) is 1. The van der Waals surface area contributed by atoms with Crippen LogP contribution in [0.1, 0.15) is 19.3 Å². The minimum atomic E-state index is -0.00724. The zero-order valence-corrected chi connectivity index (χ0v) is 13.9. The first kappa shape index (κ1) is 15.2. The smallest absolute Gasteiger partial charge is 0.277 e. The number of hydrogen-bond donors (Lipinski definition) is 1. The first-order chi connectivity index (χ1) is 11.8. The van der Waals surface area contributed by atoms with Gasteiger partial charge in [0.05, 0.1) is 19.0 Å². The van der Waals surface area contributed by atoms with Crippen molar-refractivity contribution in [2.24, 2.45) is 0 Å². The van der Waals surface area contributed by atoms with Crippen molar-refractivity contribution < 1.29 is 4.74 Å². The van der Waals surface area contributed by atoms with Crippen molar-refractivity contribution in [1.82, 2.24) is 19.4 Å². The summed E-state index contributed by atoms with van der Waals surface area (Å²) < 4.78 is 6.96. The summed E-state index contributed by atoms with van der Waals surface area (Å²) in [7, 11) is 1.63. The number of nitrogens with zero attached hydrogens (tertiary/aromatic N) is 3. The van der Waals surface area contributed by atoms with E-state index >= 15 is 0 Å². The molecule has 0 radical (unpaired) electrons. The summed E-state index contributed by atoms with van der Waals surface area (Å²) in [6.45, 7) is 3.86. The quantitative estimate of drug-likeness (QED) is 0.799. The van der Waals surface area contributed by atoms with Gasteiger partial charge >= 0.3 is 0 Å². The molecule has 0 unspecified atom stereocenters. The molecule has 2 aromatic heterocycles. The zero-order chi connectivity index (χ0) is 16.5. The molecule has 1 aliphatic heterocycles. The standard InChI is InChI=1S/C18H22N4O2/c1-24-13-5-6-14-15(11-13)20-17-16(14)19-12-22(18(17)23)10-9-21-7-3-2-4-8-21/h5-6,11-12,20H,2-4,7-10H2,1H3. The maximum absolute atomic E-state index is 12.8. The van der Waals surface area contributed by atoms with Crippen LogP contribution >= 0.6 is 0 Å². The molecule has 4 rings (SSSR count). The summed E-state index contributed by atoms with van der Waals surface area (Å²) >= 11 is 0. The molecule has 0 amide bonds. The molecule has 126 valence electrons. The Labute approximate surface area is 140 Å². The number of hydrogen-bond acceptors (Lipinski definition) is 4. The van der Waals surface area contributed by atoms with E-state index in [1.54, 1.807) is 18.0 Å². The van der Waals surface area contributed by atoms with Gasteiger partial charge in [-0.2, -0.15) is 0 Å². The van der Waals surface area contributed by atoms with E-state index in [1.165, 1.54) is 19.3 Å². The number of aromatic nitrogens is 3. The molecule has 1 fully saturated rings. The molecule has 0 atom stereocenters. The lowest BCUT2D eigenvalue weighted by molar-refractivity contribution is 0.220. The van der Waals surface area contributed by atoms with Crippen LogP contribution in [-0.2, 0) is 6.54 Å². The second kappa shape index (κ2) is 6.28. The fourth-order valence-electron chi connectivity index (χ4n) is 3.49. The van der Waals surface area contributed by atoms with Crippen molar-refractivity contribution in [3.63, 3.8) is 0 Å². The molecular formula is C18H22N4O2. The Bertz CT molecular complexity index is 922. The maximum Gasteiger partial charge on any atom is 0.277 e. The molecule has 0 bridgehead atoms. The number of benzene rings is 1. The van der Waals surface area contributed by atoms with Gasteiger partial charge in [-0.25, -0.2) is 4.98 Å². The lowest BCUT2D eigenvalue weighted by atomic mass is 10.1. The van der Waals surface area contributed by atoms with Crippen LogP contribution in [0.25, 0.3) is 21.9 Å². The third kappa shape index (κ3) is 2.67. The van der Waals surface area contributed by atoms with Crippen molar-refractivity contribution >= 4 is 21.9 Å². The summed E-state index contributed by atoms with van der Waals surface area (Å²) in [6.07, 6.45) is 5.51. The first-order valence-corrected chi connectivity index (χ1v) is 8.53. The summed E-state index contributed by atoms with van der Waals surface area (Å²) in [6, 6.07) is 5.73. The average molecular weight is 326 g/mol. The summed E-state index contributed by atoms with van der Waals surface area (Å²) in [5.74, 6) is 0.763. The van der Waals surface area contributed by atoms with E-state index in [0.717, 1.165) is 41.8 Å². The van der Waals surface area contributed by atoms with Gasteiger partial charge < -0.3 is 14.6 Å². The number of fused-ring (bicyclic) bond motifs is 3. The number of piperidine rings is 1. The molecule has 1 aliphatic rings. The summed E-state index contributed by atoms with van der Waals surface area (Å²) in [5, 5.41) is 0.950. The molecule has 1 aromatic carbocycles. The van der Waals surface area contributed by atoms with Gasteiger partial charge in [0.25, 0.3) is 5.56 Å². The number of ether oxygens (including phenoxy) is 1. The van der Waals surface area contributed by atoms with E-state index in [-0.39, 0.29) is 5.56 Å². The summed E-state index contributed by atoms with van der Waals surface area (Å²) in [4.78, 5) is 22.9. The van der Waals surface area contributed by atoms with E-state index in [2.05, 4.69) is 14.9 Å². The minimum absolute atomic E-state index is 0.00724. The molecule has 3 aromatic rings. The minimum Gasteiger partial charge on any atom is -0.497 e. The highest BCUT2D eigenvalue weighted by Gasteiger charge is 2.13. The molecule has 0 aliphatic carbocycles. The van der Waals surface area contributed by atoms with Gasteiger partial charge in [-0.05, 0) is 38.1 Å². The van der Waals surface area contributed by atoms with Crippen LogP contribution in [0.2, 0.25) is 0 Å². The van der Waals surface area contributed by atoms with E-state index in [9.17, 15) is 4.79 Å². The van der Waals surface area contributed by atoms with Crippen LogP contribution in [0.3, 0.4) is 0 Å². The van der Waals surface area contributed by atoms with Crippen LogP contribution < -0.4 is 10.3 Å². The lowest BCUT2D eigenvalue weighted by Gasteiger charge is -2.26. The molecule has 6 heteroatoms. The van der Waals surface area contributed by atoms with Crippen molar-refractivity contribution in [2.45, 2.75) is 25.8 Å². The van der Waals surface area contributed by atoms with Crippen LogP contribution in [0.4, 0.5) is 0 Å². The van der Waals surface area contributed by atoms with Gasteiger partial charge in [0.1, 0.15) is 16.8 Å². The van der Waals surface area contributed by atoms with Gasteiger partial charge in [0, 0.05) is 24.5 Å². The molecule has 1 N–H and O–H groups in total. The van der Waals surface area contributed by atoms with Gasteiger partial charge in [0.15, 0.2) is 0 Å². The van der Waals surface area contributed by atoms with Gasteiger partial charge in [-0.3, -0.25) is 9.36 Å². The van der Waals surface area contributed by atoms with E-state index in [0.29, 0.717) is 12.1 Å². The highest BCUT2D eigenvalue weighted by Crippen LogP contribution is 2.25. The van der Waals surface area contributed by atoms with Crippen LogP contribution in [-0.4, -0.2) is 46.2 Å². The van der Waals surface area contributed by atoms with Crippen molar-refractivity contribution in [3.8, 4) is 5.75 Å². The zero-order valence-electron chi connectivity index (χ0n) is 13.9. The number of rotatable bonds is 4. The number of methoxy groups -OCH3 is 1. The van der Waals surface area contributed by atoms with Crippen LogP contribution in [0.15, 0.2) is 29.3 Å². The Morgan fingerprint density at radius 2 is 2.04 bits per heavy atom. The third-order valence-corrected chi connectivity index (χ3v) is 4.89. The predicted molar refractivity (Wildman–Crippen MR) is 94.7 cm³/mol. The predicted octanol–water partition coefficient (Wildman–Crippen LogP) is 2.37. The van der Waals surface area contributed by atoms with Crippen molar-refractivity contribution in [1.29, 1.82) is 0 Å². The molecule has 6 nitrogen and oxygen atoms in total.